The van der Waals surface area contributed by atoms with Crippen molar-refractivity contribution in [1.29, 1.82) is 0 Å². The van der Waals surface area contributed by atoms with Crippen LogP contribution in [0.4, 0.5) is 13.2 Å². The van der Waals surface area contributed by atoms with Gasteiger partial charge in [0.2, 0.25) is 0 Å². The van der Waals surface area contributed by atoms with Gasteiger partial charge in [-0.25, -0.2) is 4.79 Å². The van der Waals surface area contributed by atoms with Gasteiger partial charge >= 0.3 is 12.1 Å². The Hall–Kier alpha value is -1.00. The highest BCUT2D eigenvalue weighted by Crippen LogP contribution is 2.57. The highest BCUT2D eigenvalue weighted by molar-refractivity contribution is 5.89. The second-order valence-corrected chi connectivity index (χ2v) is 6.48. The second kappa shape index (κ2) is 4.78. The van der Waals surface area contributed by atoms with E-state index in [-0.39, 0.29) is 6.10 Å². The Labute approximate surface area is 116 Å². The van der Waals surface area contributed by atoms with Crippen molar-refractivity contribution in [2.24, 2.45) is 23.7 Å². The Morgan fingerprint density at radius 3 is 2.30 bits per heavy atom. The van der Waals surface area contributed by atoms with Crippen LogP contribution in [0.1, 0.15) is 38.5 Å². The zero-order chi connectivity index (χ0) is 14.5. The van der Waals surface area contributed by atoms with Gasteiger partial charge in [-0.1, -0.05) is 6.58 Å². The average molecular weight is 288 g/mol. The van der Waals surface area contributed by atoms with E-state index in [4.69, 9.17) is 4.74 Å². The van der Waals surface area contributed by atoms with Crippen LogP contribution in [-0.4, -0.2) is 18.2 Å². The van der Waals surface area contributed by atoms with Crippen molar-refractivity contribution in [3.63, 3.8) is 0 Å². The number of fused-ring (bicyclic) bond motifs is 5. The molecule has 0 N–H and O–H groups in total. The van der Waals surface area contributed by atoms with E-state index in [1.54, 1.807) is 0 Å². The molecule has 3 saturated carbocycles. The van der Waals surface area contributed by atoms with Crippen molar-refractivity contribution >= 4 is 5.97 Å². The molecule has 0 amide bonds. The quantitative estimate of drug-likeness (QED) is 0.569. The van der Waals surface area contributed by atoms with Crippen LogP contribution in [-0.2, 0) is 9.53 Å². The van der Waals surface area contributed by atoms with Gasteiger partial charge in [-0.2, -0.15) is 13.2 Å². The number of carbonyl (C=O) groups is 1. The lowest BCUT2D eigenvalue weighted by atomic mass is 9.70. The van der Waals surface area contributed by atoms with E-state index in [9.17, 15) is 18.0 Å². The number of ether oxygens (including phenoxy) is 1. The molecule has 2 bridgehead atoms. The van der Waals surface area contributed by atoms with Crippen molar-refractivity contribution in [1.82, 2.24) is 0 Å². The highest BCUT2D eigenvalue weighted by Gasteiger charge is 2.50. The first-order valence-corrected chi connectivity index (χ1v) is 7.33. The van der Waals surface area contributed by atoms with Crippen molar-refractivity contribution in [3.05, 3.63) is 12.2 Å². The number of alkyl halides is 3. The number of halogens is 3. The zero-order valence-electron chi connectivity index (χ0n) is 11.3. The topological polar surface area (TPSA) is 26.3 Å². The van der Waals surface area contributed by atoms with E-state index in [0.29, 0.717) is 18.3 Å². The molecule has 0 aromatic heterocycles. The van der Waals surface area contributed by atoms with Gasteiger partial charge < -0.3 is 4.74 Å². The molecule has 3 aliphatic carbocycles. The summed E-state index contributed by atoms with van der Waals surface area (Å²) in [7, 11) is 0. The smallest absolute Gasteiger partial charge is 0.422 e. The monoisotopic (exact) mass is 288 g/mol. The van der Waals surface area contributed by atoms with Gasteiger partial charge in [-0.15, -0.1) is 0 Å². The SMILES string of the molecule is C=C(C(=O)OC1CCC2C3CCC(C3)C2C1)C(F)(F)F. The van der Waals surface area contributed by atoms with Gasteiger partial charge in [0.1, 0.15) is 11.7 Å². The molecule has 0 aromatic rings. The lowest BCUT2D eigenvalue weighted by Gasteiger charge is -2.38. The first kappa shape index (κ1) is 14.0. The van der Waals surface area contributed by atoms with Crippen molar-refractivity contribution in [2.75, 3.05) is 0 Å². The minimum Gasteiger partial charge on any atom is -0.459 e. The number of esters is 1. The second-order valence-electron chi connectivity index (χ2n) is 6.48. The first-order valence-electron chi connectivity index (χ1n) is 7.33. The summed E-state index contributed by atoms with van der Waals surface area (Å²) in [5.41, 5.74) is -1.40. The Morgan fingerprint density at radius 1 is 1.00 bits per heavy atom. The standard InChI is InChI=1S/C15H19F3O2/c1-8(15(16,17)18)14(19)20-11-4-5-12-9-2-3-10(6-9)13(12)7-11/h9-13H,1-7H2. The van der Waals surface area contributed by atoms with Gasteiger partial charge in [0, 0.05) is 0 Å². The van der Waals surface area contributed by atoms with Gasteiger partial charge in [0.05, 0.1) is 0 Å². The van der Waals surface area contributed by atoms with E-state index in [1.165, 1.54) is 19.3 Å². The summed E-state index contributed by atoms with van der Waals surface area (Å²) in [5, 5.41) is 0. The third-order valence-corrected chi connectivity index (χ3v) is 5.49. The van der Waals surface area contributed by atoms with Crippen LogP contribution in [0.15, 0.2) is 12.2 Å². The van der Waals surface area contributed by atoms with Gasteiger partial charge in [-0.3, -0.25) is 0 Å². The van der Waals surface area contributed by atoms with E-state index >= 15 is 0 Å². The van der Waals surface area contributed by atoms with E-state index in [0.717, 1.165) is 24.7 Å². The summed E-state index contributed by atoms with van der Waals surface area (Å²) in [6.07, 6.45) is 1.18. The van der Waals surface area contributed by atoms with Crippen LogP contribution in [0.2, 0.25) is 0 Å². The van der Waals surface area contributed by atoms with Crippen molar-refractivity contribution < 1.29 is 22.7 Å². The first-order chi connectivity index (χ1) is 9.36. The maximum atomic E-state index is 12.4. The van der Waals surface area contributed by atoms with Crippen molar-refractivity contribution in [3.8, 4) is 0 Å². The molecule has 0 spiro atoms. The van der Waals surface area contributed by atoms with Gasteiger partial charge in [-0.05, 0) is 62.2 Å². The number of rotatable bonds is 2. The van der Waals surface area contributed by atoms with Crippen LogP contribution in [0.5, 0.6) is 0 Å². The summed E-state index contributed by atoms with van der Waals surface area (Å²) >= 11 is 0. The molecule has 3 aliphatic rings. The normalized spacial score (nSPS) is 39.5. The number of carbonyl (C=O) groups excluding carboxylic acids is 1. The molecular formula is C15H19F3O2. The van der Waals surface area contributed by atoms with Crippen molar-refractivity contribution in [2.45, 2.75) is 50.8 Å². The van der Waals surface area contributed by atoms with Gasteiger partial charge in [0.15, 0.2) is 0 Å². The fraction of sp³-hybridized carbons (Fsp3) is 0.800. The maximum absolute atomic E-state index is 12.4. The predicted molar refractivity (Wildman–Crippen MR) is 66.7 cm³/mol. The van der Waals surface area contributed by atoms with Crippen LogP contribution in [0.3, 0.4) is 0 Å². The Bertz CT molecular complexity index is 429. The highest BCUT2D eigenvalue weighted by atomic mass is 19.4. The zero-order valence-corrected chi connectivity index (χ0v) is 11.3. The molecule has 0 saturated heterocycles. The maximum Gasteiger partial charge on any atom is 0.422 e. The molecular weight excluding hydrogens is 269 g/mol. The fourth-order valence-electron chi connectivity index (χ4n) is 4.59. The summed E-state index contributed by atoms with van der Waals surface area (Å²) in [4.78, 5) is 11.5. The number of hydrogen-bond donors (Lipinski definition) is 0. The molecule has 0 aliphatic heterocycles. The molecule has 0 radical (unpaired) electrons. The van der Waals surface area contributed by atoms with E-state index < -0.39 is 17.7 Å². The molecule has 3 rings (SSSR count). The Balaban J connectivity index is 1.58. The molecule has 5 atom stereocenters. The summed E-state index contributed by atoms with van der Waals surface area (Å²) in [6.45, 7) is 2.80. The summed E-state index contributed by atoms with van der Waals surface area (Å²) < 4.78 is 42.2. The fourth-order valence-corrected chi connectivity index (χ4v) is 4.59. The van der Waals surface area contributed by atoms with E-state index in [1.807, 2.05) is 0 Å². The summed E-state index contributed by atoms with van der Waals surface area (Å²) in [5.74, 6) is 1.49. The van der Waals surface area contributed by atoms with Crippen LogP contribution in [0.25, 0.3) is 0 Å². The molecule has 0 heterocycles. The molecule has 20 heavy (non-hydrogen) atoms. The van der Waals surface area contributed by atoms with Crippen LogP contribution in [0, 0.1) is 23.7 Å². The predicted octanol–water partition coefficient (Wildman–Crippen LogP) is 3.86. The summed E-state index contributed by atoms with van der Waals surface area (Å²) in [6, 6.07) is 0. The molecule has 0 aromatic carbocycles. The van der Waals surface area contributed by atoms with Crippen LogP contribution >= 0.6 is 0 Å². The van der Waals surface area contributed by atoms with Gasteiger partial charge in [0.25, 0.3) is 0 Å². The molecule has 3 fully saturated rings. The lowest BCUT2D eigenvalue weighted by molar-refractivity contribution is -0.158. The molecule has 5 unspecified atom stereocenters. The third kappa shape index (κ3) is 2.35. The minimum atomic E-state index is -4.69. The number of hydrogen-bond acceptors (Lipinski definition) is 2. The largest absolute Gasteiger partial charge is 0.459 e. The lowest BCUT2D eigenvalue weighted by Crippen LogP contribution is -2.35. The third-order valence-electron chi connectivity index (χ3n) is 5.49. The molecule has 5 heteroatoms. The molecule has 112 valence electrons. The van der Waals surface area contributed by atoms with E-state index in [2.05, 4.69) is 6.58 Å². The Morgan fingerprint density at radius 2 is 1.65 bits per heavy atom. The Kier molecular flexibility index (Phi) is 3.33. The van der Waals surface area contributed by atoms with Crippen LogP contribution < -0.4 is 0 Å². The average Bonchev–Trinajstić information content (AvgIpc) is 2.98. The molecule has 2 nitrogen and oxygen atoms in total. The minimum absolute atomic E-state index is 0.359.